The highest BCUT2D eigenvalue weighted by atomic mass is 35.5. The second-order valence-corrected chi connectivity index (χ2v) is 7.02. The van der Waals surface area contributed by atoms with E-state index in [1.54, 1.807) is 53.4 Å². The Labute approximate surface area is 172 Å². The molecule has 0 radical (unpaired) electrons. The predicted octanol–water partition coefficient (Wildman–Crippen LogP) is 3.88. The fraction of sp³-hybridized carbons (Fsp3) is 0.250. The van der Waals surface area contributed by atoms with Crippen molar-refractivity contribution in [1.29, 1.82) is 0 Å². The number of carbonyl (C=O) groups excluding carboxylic acids is 1. The van der Waals surface area contributed by atoms with Gasteiger partial charge in [-0.05, 0) is 62.4 Å². The van der Waals surface area contributed by atoms with E-state index in [-0.39, 0.29) is 12.5 Å². The molecule has 0 N–H and O–H groups in total. The molecule has 3 aromatic rings. The predicted molar refractivity (Wildman–Crippen MR) is 111 cm³/mol. The lowest BCUT2D eigenvalue weighted by Gasteiger charge is -2.17. The van der Waals surface area contributed by atoms with E-state index in [0.717, 1.165) is 0 Å². The van der Waals surface area contributed by atoms with E-state index in [1.165, 1.54) is 9.25 Å². The number of nitrogens with zero attached hydrogens (tertiary/aromatic N) is 4. The van der Waals surface area contributed by atoms with Gasteiger partial charge < -0.3 is 4.90 Å². The van der Waals surface area contributed by atoms with Gasteiger partial charge in [0.2, 0.25) is 5.91 Å². The molecular weight excluding hydrogens is 399 g/mol. The van der Waals surface area contributed by atoms with Gasteiger partial charge in [0.15, 0.2) is 5.82 Å². The molecule has 1 amide bonds. The number of aromatic nitrogens is 3. The Kier molecular flexibility index (Phi) is 6.21. The summed E-state index contributed by atoms with van der Waals surface area (Å²) < 4.78 is 2.66. The van der Waals surface area contributed by atoms with E-state index in [0.29, 0.717) is 40.2 Å². The summed E-state index contributed by atoms with van der Waals surface area (Å²) in [5, 5.41) is 5.59. The largest absolute Gasteiger partial charge is 0.351 e. The van der Waals surface area contributed by atoms with Crippen LogP contribution in [-0.2, 0) is 11.3 Å². The van der Waals surface area contributed by atoms with Crippen molar-refractivity contribution in [2.24, 2.45) is 0 Å². The van der Waals surface area contributed by atoms with Gasteiger partial charge in [-0.2, -0.15) is 0 Å². The van der Waals surface area contributed by atoms with E-state index >= 15 is 0 Å². The third-order valence-corrected chi connectivity index (χ3v) is 4.93. The monoisotopic (exact) mass is 418 g/mol. The van der Waals surface area contributed by atoms with Crippen molar-refractivity contribution >= 4 is 29.1 Å². The Balaban J connectivity index is 2.12. The van der Waals surface area contributed by atoms with Gasteiger partial charge in [-0.3, -0.25) is 4.79 Å². The van der Waals surface area contributed by atoms with Crippen LogP contribution in [0.25, 0.3) is 17.1 Å². The van der Waals surface area contributed by atoms with Crippen LogP contribution in [0.15, 0.2) is 53.3 Å². The first kappa shape index (κ1) is 20.2. The van der Waals surface area contributed by atoms with E-state index in [2.05, 4.69) is 5.10 Å². The fourth-order valence-corrected chi connectivity index (χ4v) is 3.18. The summed E-state index contributed by atoms with van der Waals surface area (Å²) in [7, 11) is 0. The third kappa shape index (κ3) is 4.13. The highest BCUT2D eigenvalue weighted by Crippen LogP contribution is 2.22. The molecule has 0 aliphatic carbocycles. The number of benzene rings is 2. The molecule has 0 saturated heterocycles. The average Bonchev–Trinajstić information content (AvgIpc) is 3.00. The SMILES string of the molecule is CCN(CC)C(=O)Cn1nc(-c2ccc(Cl)cc2)n(-c2ccc(Cl)cc2)c1=O. The van der Waals surface area contributed by atoms with Crippen molar-refractivity contribution in [3.63, 3.8) is 0 Å². The minimum absolute atomic E-state index is 0.123. The van der Waals surface area contributed by atoms with Gasteiger partial charge in [0.1, 0.15) is 6.54 Å². The van der Waals surface area contributed by atoms with Gasteiger partial charge >= 0.3 is 5.69 Å². The van der Waals surface area contributed by atoms with Crippen LogP contribution >= 0.6 is 23.2 Å². The highest BCUT2D eigenvalue weighted by Gasteiger charge is 2.20. The van der Waals surface area contributed by atoms with Crippen LogP contribution in [0.5, 0.6) is 0 Å². The molecule has 8 heteroatoms. The van der Waals surface area contributed by atoms with Crippen LogP contribution in [-0.4, -0.2) is 38.2 Å². The molecule has 0 unspecified atom stereocenters. The molecular formula is C20H20Cl2N4O2. The number of likely N-dealkylation sites (N-methyl/N-ethyl adjacent to an activating group) is 1. The van der Waals surface area contributed by atoms with Gasteiger partial charge in [0.25, 0.3) is 0 Å². The van der Waals surface area contributed by atoms with E-state index in [1.807, 2.05) is 13.8 Å². The molecule has 28 heavy (non-hydrogen) atoms. The lowest BCUT2D eigenvalue weighted by atomic mass is 10.2. The molecule has 3 rings (SSSR count). The van der Waals surface area contributed by atoms with Crippen molar-refractivity contribution in [2.75, 3.05) is 13.1 Å². The van der Waals surface area contributed by atoms with E-state index < -0.39 is 5.69 Å². The maximum atomic E-state index is 13.1. The molecule has 0 aliphatic rings. The summed E-state index contributed by atoms with van der Waals surface area (Å²) in [6.45, 7) is 4.82. The van der Waals surface area contributed by atoms with Crippen molar-refractivity contribution in [2.45, 2.75) is 20.4 Å². The molecule has 1 aromatic heterocycles. The molecule has 0 aliphatic heterocycles. The maximum absolute atomic E-state index is 13.1. The maximum Gasteiger partial charge on any atom is 0.351 e. The standard InChI is InChI=1S/C20H20Cl2N4O2/c1-3-24(4-2)18(27)13-25-20(28)26(17-11-9-16(22)10-12-17)19(23-25)14-5-7-15(21)8-6-14/h5-12H,3-4,13H2,1-2H3. The Hall–Kier alpha value is -2.57. The number of halogens is 2. The zero-order chi connectivity index (χ0) is 20.3. The van der Waals surface area contributed by atoms with Gasteiger partial charge in [-0.1, -0.05) is 23.2 Å². The number of hydrogen-bond acceptors (Lipinski definition) is 3. The van der Waals surface area contributed by atoms with E-state index in [4.69, 9.17) is 23.2 Å². The molecule has 6 nitrogen and oxygen atoms in total. The zero-order valence-corrected chi connectivity index (χ0v) is 17.1. The van der Waals surface area contributed by atoms with Crippen LogP contribution < -0.4 is 5.69 Å². The normalized spacial score (nSPS) is 10.9. The first-order valence-electron chi connectivity index (χ1n) is 8.94. The third-order valence-electron chi connectivity index (χ3n) is 4.43. The number of rotatable bonds is 6. The summed E-state index contributed by atoms with van der Waals surface area (Å²) in [5.74, 6) is 0.270. The fourth-order valence-electron chi connectivity index (χ4n) is 2.92. The average molecular weight is 419 g/mol. The summed E-state index contributed by atoms with van der Waals surface area (Å²) in [4.78, 5) is 27.2. The summed E-state index contributed by atoms with van der Waals surface area (Å²) in [6.07, 6.45) is 0. The second-order valence-electron chi connectivity index (χ2n) is 6.15. The van der Waals surface area contributed by atoms with Crippen LogP contribution in [0, 0.1) is 0 Å². The lowest BCUT2D eigenvalue weighted by Crippen LogP contribution is -2.36. The Bertz CT molecular complexity index is 1020. The highest BCUT2D eigenvalue weighted by molar-refractivity contribution is 6.30. The minimum Gasteiger partial charge on any atom is -0.342 e. The molecule has 0 bridgehead atoms. The smallest absolute Gasteiger partial charge is 0.342 e. The molecule has 0 spiro atoms. The quantitative estimate of drug-likeness (QED) is 0.610. The van der Waals surface area contributed by atoms with E-state index in [9.17, 15) is 9.59 Å². The lowest BCUT2D eigenvalue weighted by molar-refractivity contribution is -0.131. The number of carbonyl (C=O) groups is 1. The van der Waals surface area contributed by atoms with Crippen molar-refractivity contribution in [3.8, 4) is 17.1 Å². The Morgan fingerprint density at radius 2 is 1.50 bits per heavy atom. The molecule has 2 aromatic carbocycles. The molecule has 0 atom stereocenters. The van der Waals surface area contributed by atoms with Crippen molar-refractivity contribution < 1.29 is 4.79 Å². The van der Waals surface area contributed by atoms with Gasteiger partial charge in [0.05, 0.1) is 5.69 Å². The van der Waals surface area contributed by atoms with Crippen LogP contribution in [0.4, 0.5) is 0 Å². The summed E-state index contributed by atoms with van der Waals surface area (Å²) >= 11 is 12.0. The van der Waals surface area contributed by atoms with Gasteiger partial charge in [-0.15, -0.1) is 5.10 Å². The molecule has 146 valence electrons. The minimum atomic E-state index is -0.396. The molecule has 0 fully saturated rings. The van der Waals surface area contributed by atoms with Gasteiger partial charge in [-0.25, -0.2) is 14.0 Å². The summed E-state index contributed by atoms with van der Waals surface area (Å²) in [6, 6.07) is 13.9. The van der Waals surface area contributed by atoms with Crippen molar-refractivity contribution in [1.82, 2.24) is 19.2 Å². The molecule has 1 heterocycles. The Morgan fingerprint density at radius 3 is 2.04 bits per heavy atom. The van der Waals surface area contributed by atoms with Crippen molar-refractivity contribution in [3.05, 3.63) is 69.1 Å². The van der Waals surface area contributed by atoms with Gasteiger partial charge in [0, 0.05) is 28.7 Å². The first-order chi connectivity index (χ1) is 13.4. The van der Waals surface area contributed by atoms with Crippen LogP contribution in [0.3, 0.4) is 0 Å². The number of hydrogen-bond donors (Lipinski definition) is 0. The summed E-state index contributed by atoms with van der Waals surface area (Å²) in [5.41, 5.74) is 0.930. The Morgan fingerprint density at radius 1 is 0.964 bits per heavy atom. The zero-order valence-electron chi connectivity index (χ0n) is 15.6. The number of amides is 1. The topological polar surface area (TPSA) is 60.1 Å². The first-order valence-corrected chi connectivity index (χ1v) is 9.69. The van der Waals surface area contributed by atoms with Crippen LogP contribution in [0.2, 0.25) is 10.0 Å². The van der Waals surface area contributed by atoms with Crippen LogP contribution in [0.1, 0.15) is 13.8 Å². The second kappa shape index (κ2) is 8.63. The molecule has 0 saturated carbocycles.